The van der Waals surface area contributed by atoms with E-state index in [1.807, 2.05) is 0 Å². The zero-order valence-electron chi connectivity index (χ0n) is 12.9. The zero-order valence-corrected chi connectivity index (χ0v) is 14.7. The molecule has 0 bridgehead atoms. The first-order chi connectivity index (χ1) is 10.9. The Morgan fingerprint density at radius 2 is 1.96 bits per heavy atom. The van der Waals surface area contributed by atoms with Gasteiger partial charge in [0, 0.05) is 18.3 Å². The van der Waals surface area contributed by atoms with E-state index in [2.05, 4.69) is 12.6 Å². The molecule has 23 heavy (non-hydrogen) atoms. The number of carbonyl (C=O) groups is 1. The number of carboxylic acids is 1. The van der Waals surface area contributed by atoms with Gasteiger partial charge in [0.25, 0.3) is 0 Å². The summed E-state index contributed by atoms with van der Waals surface area (Å²) < 4.78 is 0. The summed E-state index contributed by atoms with van der Waals surface area (Å²) in [5.74, 6) is -0.333. The Bertz CT molecular complexity index is 507. The molecule has 0 fully saturated rings. The number of benzene rings is 1. The van der Waals surface area contributed by atoms with E-state index in [-0.39, 0.29) is 29.8 Å². The molecular weight excluding hydrogens is 336 g/mol. The van der Waals surface area contributed by atoms with Crippen molar-refractivity contribution < 1.29 is 25.2 Å². The molecule has 5 nitrogen and oxygen atoms in total. The molecule has 0 amide bonds. The van der Waals surface area contributed by atoms with E-state index in [0.29, 0.717) is 17.7 Å². The molecule has 1 atom stereocenters. The van der Waals surface area contributed by atoms with E-state index in [0.717, 1.165) is 30.6 Å². The van der Waals surface area contributed by atoms with Crippen molar-refractivity contribution in [2.24, 2.45) is 0 Å². The highest BCUT2D eigenvalue weighted by Crippen LogP contribution is 2.37. The van der Waals surface area contributed by atoms with Crippen molar-refractivity contribution in [2.75, 3.05) is 12.4 Å². The molecule has 130 valence electrons. The van der Waals surface area contributed by atoms with E-state index >= 15 is 0 Å². The summed E-state index contributed by atoms with van der Waals surface area (Å²) in [6.07, 6.45) is 3.81. The van der Waals surface area contributed by atoms with E-state index < -0.39 is 5.97 Å². The average molecular weight is 360 g/mol. The van der Waals surface area contributed by atoms with Gasteiger partial charge in [0.15, 0.2) is 11.5 Å². The van der Waals surface area contributed by atoms with Crippen LogP contribution in [0.4, 0.5) is 0 Å². The van der Waals surface area contributed by atoms with E-state index in [1.54, 1.807) is 6.07 Å². The van der Waals surface area contributed by atoms with Crippen molar-refractivity contribution in [1.82, 2.24) is 0 Å². The number of phenols is 2. The number of aliphatic hydroxyl groups excluding tert-OH is 1. The van der Waals surface area contributed by atoms with Gasteiger partial charge in [-0.2, -0.15) is 12.6 Å². The molecule has 1 aromatic carbocycles. The number of carboxylic acid groups (broad SMARTS) is 1. The number of aliphatic hydroxyl groups is 1. The molecule has 0 radical (unpaired) electrons. The summed E-state index contributed by atoms with van der Waals surface area (Å²) in [5.41, 5.74) is 0.779. The SMILES string of the molecule is O=C(O)CCCCC(S)CCSc1cc(CCO)cc(O)c1O. The van der Waals surface area contributed by atoms with Crippen LogP contribution in [0.3, 0.4) is 0 Å². The summed E-state index contributed by atoms with van der Waals surface area (Å²) in [6.45, 7) is -0.0105. The first-order valence-corrected chi connectivity index (χ1v) is 9.12. The van der Waals surface area contributed by atoms with Crippen LogP contribution >= 0.6 is 24.4 Å². The van der Waals surface area contributed by atoms with Crippen LogP contribution in [0, 0.1) is 0 Å². The van der Waals surface area contributed by atoms with Crippen molar-refractivity contribution in [3.63, 3.8) is 0 Å². The van der Waals surface area contributed by atoms with Crippen LogP contribution < -0.4 is 0 Å². The van der Waals surface area contributed by atoms with Crippen molar-refractivity contribution >= 4 is 30.4 Å². The number of thioether (sulfide) groups is 1. The highest BCUT2D eigenvalue weighted by atomic mass is 32.2. The van der Waals surface area contributed by atoms with Crippen LogP contribution in [-0.2, 0) is 11.2 Å². The topological polar surface area (TPSA) is 98.0 Å². The molecule has 4 N–H and O–H groups in total. The molecule has 0 aliphatic rings. The second-order valence-corrected chi connectivity index (χ2v) is 7.23. The lowest BCUT2D eigenvalue weighted by molar-refractivity contribution is -0.137. The standard InChI is InChI=1S/C16H24O5S2/c17-7-5-11-9-13(18)16(21)14(10-11)23-8-6-12(22)3-1-2-4-15(19)20/h9-10,12,17-18,21-22H,1-8H2,(H,19,20). The van der Waals surface area contributed by atoms with Crippen molar-refractivity contribution in [3.05, 3.63) is 17.7 Å². The molecule has 0 aromatic heterocycles. The molecule has 0 aliphatic carbocycles. The molecule has 1 rings (SSSR count). The Balaban J connectivity index is 2.38. The number of rotatable bonds is 11. The first kappa shape index (κ1) is 20.0. The summed E-state index contributed by atoms with van der Waals surface area (Å²) in [6, 6.07) is 3.23. The second kappa shape index (κ2) is 10.7. The Labute approximate surface area is 146 Å². The fraction of sp³-hybridized carbons (Fsp3) is 0.562. The normalized spacial score (nSPS) is 12.3. The number of hydrogen-bond acceptors (Lipinski definition) is 6. The molecule has 1 unspecified atom stereocenters. The number of thiol groups is 1. The molecular formula is C16H24O5S2. The lowest BCUT2D eigenvalue weighted by Crippen LogP contribution is -2.02. The number of hydrogen-bond donors (Lipinski definition) is 5. The van der Waals surface area contributed by atoms with Gasteiger partial charge in [-0.05, 0) is 49.1 Å². The van der Waals surface area contributed by atoms with Crippen LogP contribution in [0.25, 0.3) is 0 Å². The third-order valence-corrected chi connectivity index (χ3v) is 4.98. The van der Waals surface area contributed by atoms with Gasteiger partial charge < -0.3 is 20.4 Å². The molecule has 0 aliphatic heterocycles. The van der Waals surface area contributed by atoms with E-state index in [4.69, 9.17) is 10.2 Å². The van der Waals surface area contributed by atoms with Crippen molar-refractivity contribution in [3.8, 4) is 11.5 Å². The zero-order chi connectivity index (χ0) is 17.2. The van der Waals surface area contributed by atoms with Gasteiger partial charge in [0.2, 0.25) is 0 Å². The van der Waals surface area contributed by atoms with Crippen molar-refractivity contribution in [2.45, 2.75) is 48.7 Å². The minimum Gasteiger partial charge on any atom is -0.504 e. The third-order valence-electron chi connectivity index (χ3n) is 3.40. The highest BCUT2D eigenvalue weighted by Gasteiger charge is 2.11. The van der Waals surface area contributed by atoms with Crippen LogP contribution in [-0.4, -0.2) is 44.0 Å². The molecule has 0 saturated heterocycles. The van der Waals surface area contributed by atoms with Gasteiger partial charge in [-0.3, -0.25) is 4.79 Å². The number of phenolic OH excluding ortho intramolecular Hbond substituents is 2. The predicted molar refractivity (Wildman–Crippen MR) is 94.8 cm³/mol. The third kappa shape index (κ3) is 7.85. The van der Waals surface area contributed by atoms with Crippen LogP contribution in [0.1, 0.15) is 37.7 Å². The van der Waals surface area contributed by atoms with E-state index in [1.165, 1.54) is 17.8 Å². The number of unbranched alkanes of at least 4 members (excludes halogenated alkanes) is 1. The summed E-state index contributed by atoms with van der Waals surface area (Å²) >= 11 is 5.93. The van der Waals surface area contributed by atoms with Crippen molar-refractivity contribution in [1.29, 1.82) is 0 Å². The summed E-state index contributed by atoms with van der Waals surface area (Å²) in [7, 11) is 0. The number of aromatic hydroxyl groups is 2. The largest absolute Gasteiger partial charge is 0.504 e. The maximum atomic E-state index is 10.4. The smallest absolute Gasteiger partial charge is 0.303 e. The van der Waals surface area contributed by atoms with Gasteiger partial charge in [-0.1, -0.05) is 6.42 Å². The minimum atomic E-state index is -0.769. The lowest BCUT2D eigenvalue weighted by Gasteiger charge is -2.12. The van der Waals surface area contributed by atoms with Crippen LogP contribution in [0.15, 0.2) is 17.0 Å². The minimum absolute atomic E-state index is 0.0105. The molecule has 7 heteroatoms. The van der Waals surface area contributed by atoms with Gasteiger partial charge in [0.1, 0.15) is 0 Å². The Morgan fingerprint density at radius 3 is 2.61 bits per heavy atom. The molecule has 0 heterocycles. The fourth-order valence-electron chi connectivity index (χ4n) is 2.14. The maximum absolute atomic E-state index is 10.4. The Morgan fingerprint density at radius 1 is 1.22 bits per heavy atom. The van der Waals surface area contributed by atoms with Gasteiger partial charge >= 0.3 is 5.97 Å². The van der Waals surface area contributed by atoms with Gasteiger partial charge in [0.05, 0.1) is 4.90 Å². The fourth-order valence-corrected chi connectivity index (χ4v) is 3.72. The quantitative estimate of drug-likeness (QED) is 0.180. The van der Waals surface area contributed by atoms with Gasteiger partial charge in [-0.25, -0.2) is 0 Å². The predicted octanol–water partition coefficient (Wildman–Crippen LogP) is 3.06. The first-order valence-electron chi connectivity index (χ1n) is 7.62. The lowest BCUT2D eigenvalue weighted by atomic mass is 10.1. The molecule has 0 saturated carbocycles. The van der Waals surface area contributed by atoms with Gasteiger partial charge in [-0.15, -0.1) is 11.8 Å². The van der Waals surface area contributed by atoms with Crippen LogP contribution in [0.2, 0.25) is 0 Å². The monoisotopic (exact) mass is 360 g/mol. The second-order valence-electron chi connectivity index (χ2n) is 5.37. The Hall–Kier alpha value is -1.05. The summed E-state index contributed by atoms with van der Waals surface area (Å²) in [4.78, 5) is 11.0. The van der Waals surface area contributed by atoms with E-state index in [9.17, 15) is 15.0 Å². The summed E-state index contributed by atoms with van der Waals surface area (Å²) in [5, 5.41) is 37.3. The molecule has 1 aromatic rings. The highest BCUT2D eigenvalue weighted by molar-refractivity contribution is 7.99. The number of aliphatic carboxylic acids is 1. The Kier molecular flexibility index (Phi) is 9.28. The maximum Gasteiger partial charge on any atom is 0.303 e. The average Bonchev–Trinajstić information content (AvgIpc) is 2.48. The van der Waals surface area contributed by atoms with Crippen LogP contribution in [0.5, 0.6) is 11.5 Å². The molecule has 0 spiro atoms.